The Morgan fingerprint density at radius 2 is 1.81 bits per heavy atom. The van der Waals surface area contributed by atoms with Crippen molar-refractivity contribution >= 4 is 11.7 Å². The van der Waals surface area contributed by atoms with Crippen LogP contribution < -0.4 is 10.1 Å². The van der Waals surface area contributed by atoms with Gasteiger partial charge in [-0.15, -0.1) is 0 Å². The SMILES string of the molecule is COc1cccc(CCC2(c3ccccc3)c3cc(F)ccc3NC(=O)N2CC(F)F)c1. The van der Waals surface area contributed by atoms with Crippen molar-refractivity contribution in [1.29, 1.82) is 0 Å². The van der Waals surface area contributed by atoms with E-state index < -0.39 is 30.4 Å². The van der Waals surface area contributed by atoms with Gasteiger partial charge >= 0.3 is 6.03 Å². The number of carbonyl (C=O) groups excluding carboxylic acids is 1. The number of alkyl halides is 2. The maximum Gasteiger partial charge on any atom is 0.323 e. The Balaban J connectivity index is 1.90. The third-order valence-electron chi connectivity index (χ3n) is 5.86. The minimum Gasteiger partial charge on any atom is -0.497 e. The van der Waals surface area contributed by atoms with Crippen LogP contribution in [0.1, 0.15) is 23.1 Å². The second-order valence-electron chi connectivity index (χ2n) is 7.70. The van der Waals surface area contributed by atoms with Gasteiger partial charge in [0.05, 0.1) is 19.2 Å². The number of urea groups is 1. The van der Waals surface area contributed by atoms with E-state index in [1.54, 1.807) is 31.4 Å². The van der Waals surface area contributed by atoms with Crippen molar-refractivity contribution in [2.75, 3.05) is 19.0 Å². The normalized spacial score (nSPS) is 17.8. The van der Waals surface area contributed by atoms with Gasteiger partial charge in [-0.25, -0.2) is 18.0 Å². The number of halogens is 3. The Hall–Kier alpha value is -3.48. The molecule has 4 nitrogen and oxygen atoms in total. The van der Waals surface area contributed by atoms with Crippen LogP contribution in [0.2, 0.25) is 0 Å². The van der Waals surface area contributed by atoms with Crippen LogP contribution in [0.4, 0.5) is 23.7 Å². The van der Waals surface area contributed by atoms with Gasteiger partial charge in [-0.1, -0.05) is 42.5 Å². The minimum atomic E-state index is -2.75. The van der Waals surface area contributed by atoms with Gasteiger partial charge in [0.25, 0.3) is 6.43 Å². The van der Waals surface area contributed by atoms with E-state index in [0.717, 1.165) is 10.5 Å². The molecule has 4 rings (SSSR count). The molecule has 2 amide bonds. The van der Waals surface area contributed by atoms with Crippen molar-refractivity contribution < 1.29 is 22.7 Å². The van der Waals surface area contributed by atoms with Crippen LogP contribution >= 0.6 is 0 Å². The lowest BCUT2D eigenvalue weighted by Gasteiger charge is -2.48. The van der Waals surface area contributed by atoms with E-state index in [0.29, 0.717) is 29.0 Å². The smallest absolute Gasteiger partial charge is 0.323 e. The van der Waals surface area contributed by atoms with E-state index in [1.165, 1.54) is 18.2 Å². The highest BCUT2D eigenvalue weighted by molar-refractivity contribution is 5.94. The van der Waals surface area contributed by atoms with Gasteiger partial charge in [0.15, 0.2) is 0 Å². The van der Waals surface area contributed by atoms with Crippen molar-refractivity contribution in [2.24, 2.45) is 0 Å². The number of benzene rings is 3. The van der Waals surface area contributed by atoms with Crippen LogP contribution in [-0.2, 0) is 12.0 Å². The summed E-state index contributed by atoms with van der Waals surface area (Å²) in [5.74, 6) is 0.173. The maximum atomic E-state index is 14.4. The van der Waals surface area contributed by atoms with Crippen molar-refractivity contribution in [1.82, 2.24) is 4.90 Å². The number of hydrogen-bond acceptors (Lipinski definition) is 2. The molecule has 0 aliphatic carbocycles. The standard InChI is InChI=1S/C25H23F3N2O2/c1-32-20-9-5-6-17(14-20)12-13-25(18-7-3-2-4-8-18)21-15-19(26)10-11-22(21)29-24(31)30(25)16-23(27)28/h2-11,14-15,23H,12-13,16H2,1H3,(H,29,31). The molecule has 1 heterocycles. The summed E-state index contributed by atoms with van der Waals surface area (Å²) in [4.78, 5) is 14.2. The molecule has 1 aliphatic rings. The molecular weight excluding hydrogens is 417 g/mol. The number of nitrogens with zero attached hydrogens (tertiary/aromatic N) is 1. The lowest BCUT2D eigenvalue weighted by molar-refractivity contribution is 0.0556. The molecule has 1 atom stereocenters. The molecule has 3 aromatic rings. The zero-order chi connectivity index (χ0) is 22.7. The van der Waals surface area contributed by atoms with Crippen LogP contribution in [0, 0.1) is 5.82 Å². The van der Waals surface area contributed by atoms with E-state index in [2.05, 4.69) is 5.32 Å². The first kappa shape index (κ1) is 21.7. The summed E-state index contributed by atoms with van der Waals surface area (Å²) >= 11 is 0. The highest BCUT2D eigenvalue weighted by Gasteiger charge is 2.48. The third-order valence-corrected chi connectivity index (χ3v) is 5.86. The van der Waals surface area contributed by atoms with Gasteiger partial charge in [-0.05, 0) is 54.3 Å². The number of carbonyl (C=O) groups is 1. The largest absolute Gasteiger partial charge is 0.497 e. The summed E-state index contributed by atoms with van der Waals surface area (Å²) < 4.78 is 47.0. The molecule has 0 radical (unpaired) electrons. The fourth-order valence-electron chi connectivity index (χ4n) is 4.44. The Bertz CT molecular complexity index is 1110. The molecule has 0 bridgehead atoms. The number of methoxy groups -OCH3 is 1. The summed E-state index contributed by atoms with van der Waals surface area (Å²) in [5.41, 5.74) is 1.15. The van der Waals surface area contributed by atoms with Crippen molar-refractivity contribution in [3.05, 3.63) is 95.3 Å². The molecule has 0 saturated carbocycles. The molecule has 0 saturated heterocycles. The van der Waals surface area contributed by atoms with Gasteiger partial charge in [-0.3, -0.25) is 0 Å². The van der Waals surface area contributed by atoms with Crippen molar-refractivity contribution in [2.45, 2.75) is 24.8 Å². The summed E-state index contributed by atoms with van der Waals surface area (Å²) in [6.45, 7) is -0.783. The van der Waals surface area contributed by atoms with Crippen LogP contribution in [0.5, 0.6) is 5.75 Å². The Kier molecular flexibility index (Phi) is 6.08. The molecule has 0 aromatic heterocycles. The van der Waals surface area contributed by atoms with Gasteiger partial charge < -0.3 is 15.0 Å². The summed E-state index contributed by atoms with van der Waals surface area (Å²) in [6.07, 6.45) is -2.02. The van der Waals surface area contributed by atoms with E-state index in [-0.39, 0.29) is 6.42 Å². The lowest BCUT2D eigenvalue weighted by Crippen LogP contribution is -2.57. The topological polar surface area (TPSA) is 41.6 Å². The number of fused-ring (bicyclic) bond motifs is 1. The highest BCUT2D eigenvalue weighted by atomic mass is 19.3. The molecule has 0 fully saturated rings. The number of nitrogens with one attached hydrogen (secondary N) is 1. The predicted octanol–water partition coefficient (Wildman–Crippen LogP) is 5.82. The Morgan fingerprint density at radius 1 is 1.03 bits per heavy atom. The van der Waals surface area contributed by atoms with Crippen LogP contribution in [-0.4, -0.2) is 31.0 Å². The fraction of sp³-hybridized carbons (Fsp3) is 0.240. The van der Waals surface area contributed by atoms with Crippen LogP contribution in [0.25, 0.3) is 0 Å². The quantitative estimate of drug-likeness (QED) is 0.503. The molecule has 166 valence electrons. The molecule has 32 heavy (non-hydrogen) atoms. The molecular formula is C25H23F3N2O2. The van der Waals surface area contributed by atoms with Gasteiger partial charge in [0.2, 0.25) is 0 Å². The number of rotatable bonds is 7. The first-order valence-electron chi connectivity index (χ1n) is 10.3. The minimum absolute atomic E-state index is 0.279. The lowest BCUT2D eigenvalue weighted by atomic mass is 9.75. The zero-order valence-corrected chi connectivity index (χ0v) is 17.5. The third kappa shape index (κ3) is 4.02. The summed E-state index contributed by atoms with van der Waals surface area (Å²) in [6, 6.07) is 19.8. The number of ether oxygens (including phenoxy) is 1. The summed E-state index contributed by atoms with van der Waals surface area (Å²) in [7, 11) is 1.57. The molecule has 0 spiro atoms. The molecule has 1 aliphatic heterocycles. The second kappa shape index (κ2) is 8.94. The average Bonchev–Trinajstić information content (AvgIpc) is 2.80. The zero-order valence-electron chi connectivity index (χ0n) is 17.5. The Morgan fingerprint density at radius 3 is 2.53 bits per heavy atom. The van der Waals surface area contributed by atoms with Gasteiger partial charge in [-0.2, -0.15) is 0 Å². The van der Waals surface area contributed by atoms with Crippen LogP contribution in [0.15, 0.2) is 72.8 Å². The number of hydrogen-bond donors (Lipinski definition) is 1. The molecule has 1 N–H and O–H groups in total. The molecule has 1 unspecified atom stereocenters. The van der Waals surface area contributed by atoms with Gasteiger partial charge in [0, 0.05) is 11.3 Å². The first-order chi connectivity index (χ1) is 15.4. The monoisotopic (exact) mass is 440 g/mol. The Labute approximate surface area is 184 Å². The van der Waals surface area contributed by atoms with Gasteiger partial charge in [0.1, 0.15) is 11.6 Å². The van der Waals surface area contributed by atoms with E-state index >= 15 is 0 Å². The van der Waals surface area contributed by atoms with E-state index in [4.69, 9.17) is 4.74 Å². The number of amides is 2. The number of anilines is 1. The summed E-state index contributed by atoms with van der Waals surface area (Å²) in [5, 5.41) is 2.65. The molecule has 7 heteroatoms. The van der Waals surface area contributed by atoms with Crippen molar-refractivity contribution in [3.8, 4) is 5.75 Å². The number of aryl methyl sites for hydroxylation is 1. The van der Waals surface area contributed by atoms with E-state index in [1.807, 2.05) is 30.3 Å². The predicted molar refractivity (Wildman–Crippen MR) is 117 cm³/mol. The van der Waals surface area contributed by atoms with E-state index in [9.17, 15) is 18.0 Å². The highest BCUT2D eigenvalue weighted by Crippen LogP contribution is 2.47. The molecule has 3 aromatic carbocycles. The van der Waals surface area contributed by atoms with Crippen LogP contribution in [0.3, 0.4) is 0 Å². The maximum absolute atomic E-state index is 14.4. The first-order valence-corrected chi connectivity index (χ1v) is 10.3. The van der Waals surface area contributed by atoms with Crippen molar-refractivity contribution in [3.63, 3.8) is 0 Å². The second-order valence-corrected chi connectivity index (χ2v) is 7.70. The average molecular weight is 440 g/mol. The fourth-order valence-corrected chi connectivity index (χ4v) is 4.44.